The Morgan fingerprint density at radius 3 is 2.46 bits per heavy atom. The Kier molecular flexibility index (Phi) is 5.68. The van der Waals surface area contributed by atoms with Crippen LogP contribution in [0.2, 0.25) is 0 Å². The lowest BCUT2D eigenvalue weighted by atomic mass is 10.0. The SMILES string of the molecule is O=C(NC1CCN(Cc2cccnc2)CC1)c1ccc(-c2cnccn2)cc1. The number of benzene rings is 1. The van der Waals surface area contributed by atoms with Gasteiger partial charge in [0.25, 0.3) is 5.91 Å². The smallest absolute Gasteiger partial charge is 0.251 e. The highest BCUT2D eigenvalue weighted by Crippen LogP contribution is 2.17. The summed E-state index contributed by atoms with van der Waals surface area (Å²) in [6.45, 7) is 2.87. The first-order valence-electron chi connectivity index (χ1n) is 9.56. The van der Waals surface area contributed by atoms with Crippen LogP contribution in [-0.2, 0) is 6.54 Å². The number of carbonyl (C=O) groups excluding carboxylic acids is 1. The lowest BCUT2D eigenvalue weighted by molar-refractivity contribution is 0.0909. The van der Waals surface area contributed by atoms with E-state index in [0.29, 0.717) is 5.56 Å². The fourth-order valence-corrected chi connectivity index (χ4v) is 3.49. The summed E-state index contributed by atoms with van der Waals surface area (Å²) in [6.07, 6.45) is 10.7. The maximum absolute atomic E-state index is 12.6. The van der Waals surface area contributed by atoms with Gasteiger partial charge >= 0.3 is 0 Å². The van der Waals surface area contributed by atoms with Crippen LogP contribution in [0.5, 0.6) is 0 Å². The van der Waals surface area contributed by atoms with Crippen LogP contribution in [-0.4, -0.2) is 44.9 Å². The molecule has 0 aliphatic carbocycles. The van der Waals surface area contributed by atoms with Crippen LogP contribution >= 0.6 is 0 Å². The summed E-state index contributed by atoms with van der Waals surface area (Å²) < 4.78 is 0. The number of piperidine rings is 1. The van der Waals surface area contributed by atoms with Crippen molar-refractivity contribution in [1.82, 2.24) is 25.2 Å². The van der Waals surface area contributed by atoms with Gasteiger partial charge in [-0.15, -0.1) is 0 Å². The van der Waals surface area contributed by atoms with Gasteiger partial charge in [0.1, 0.15) is 0 Å². The van der Waals surface area contributed by atoms with Crippen molar-refractivity contribution in [3.63, 3.8) is 0 Å². The summed E-state index contributed by atoms with van der Waals surface area (Å²) in [5.41, 5.74) is 3.66. The van der Waals surface area contributed by atoms with Gasteiger partial charge in [-0.3, -0.25) is 24.6 Å². The third-order valence-electron chi connectivity index (χ3n) is 5.06. The first kappa shape index (κ1) is 18.3. The number of aromatic nitrogens is 3. The van der Waals surface area contributed by atoms with Gasteiger partial charge in [-0.25, -0.2) is 0 Å². The Morgan fingerprint density at radius 2 is 1.79 bits per heavy atom. The summed E-state index contributed by atoms with van der Waals surface area (Å²) >= 11 is 0. The summed E-state index contributed by atoms with van der Waals surface area (Å²) in [7, 11) is 0. The van der Waals surface area contributed by atoms with Crippen molar-refractivity contribution in [2.45, 2.75) is 25.4 Å². The van der Waals surface area contributed by atoms with Gasteiger partial charge in [0.15, 0.2) is 0 Å². The Balaban J connectivity index is 1.29. The maximum Gasteiger partial charge on any atom is 0.251 e. The van der Waals surface area contributed by atoms with E-state index in [0.717, 1.165) is 43.7 Å². The Labute approximate surface area is 164 Å². The second-order valence-corrected chi connectivity index (χ2v) is 7.05. The van der Waals surface area contributed by atoms with Crippen LogP contribution in [0.15, 0.2) is 67.4 Å². The van der Waals surface area contributed by atoms with Crippen LogP contribution in [0.25, 0.3) is 11.3 Å². The van der Waals surface area contributed by atoms with E-state index in [4.69, 9.17) is 0 Å². The molecule has 6 heteroatoms. The summed E-state index contributed by atoms with van der Waals surface area (Å²) in [5.74, 6) is -0.0172. The van der Waals surface area contributed by atoms with Crippen LogP contribution in [0.3, 0.4) is 0 Å². The molecule has 1 fully saturated rings. The van der Waals surface area contributed by atoms with E-state index in [9.17, 15) is 4.79 Å². The first-order chi connectivity index (χ1) is 13.8. The molecule has 1 aromatic carbocycles. The van der Waals surface area contributed by atoms with Crippen molar-refractivity contribution in [3.8, 4) is 11.3 Å². The van der Waals surface area contributed by atoms with Crippen LogP contribution in [0.1, 0.15) is 28.8 Å². The number of likely N-dealkylation sites (tertiary alicyclic amines) is 1. The average Bonchev–Trinajstić information content (AvgIpc) is 2.76. The molecule has 0 saturated carbocycles. The van der Waals surface area contributed by atoms with E-state index in [2.05, 4.69) is 31.2 Å². The maximum atomic E-state index is 12.6. The molecule has 0 radical (unpaired) electrons. The number of amides is 1. The average molecular weight is 373 g/mol. The zero-order valence-corrected chi connectivity index (χ0v) is 15.7. The fraction of sp³-hybridized carbons (Fsp3) is 0.273. The number of carbonyl (C=O) groups is 1. The Morgan fingerprint density at radius 1 is 1.00 bits per heavy atom. The number of nitrogens with zero attached hydrogens (tertiary/aromatic N) is 4. The van der Waals surface area contributed by atoms with Crippen molar-refractivity contribution in [2.75, 3.05) is 13.1 Å². The molecule has 28 heavy (non-hydrogen) atoms. The molecule has 0 bridgehead atoms. The van der Waals surface area contributed by atoms with E-state index in [-0.39, 0.29) is 11.9 Å². The van der Waals surface area contributed by atoms with Crippen molar-refractivity contribution in [2.24, 2.45) is 0 Å². The lowest BCUT2D eigenvalue weighted by Gasteiger charge is -2.32. The second kappa shape index (κ2) is 8.71. The van der Waals surface area contributed by atoms with Gasteiger partial charge in [-0.05, 0) is 36.6 Å². The van der Waals surface area contributed by atoms with Gasteiger partial charge in [0, 0.05) is 61.6 Å². The minimum Gasteiger partial charge on any atom is -0.349 e. The quantitative estimate of drug-likeness (QED) is 0.745. The van der Waals surface area contributed by atoms with Crippen molar-refractivity contribution < 1.29 is 4.79 Å². The molecule has 0 atom stereocenters. The molecule has 1 aliphatic heterocycles. The molecule has 3 aromatic rings. The highest BCUT2D eigenvalue weighted by Gasteiger charge is 2.21. The largest absolute Gasteiger partial charge is 0.349 e. The second-order valence-electron chi connectivity index (χ2n) is 7.05. The predicted molar refractivity (Wildman–Crippen MR) is 107 cm³/mol. The van der Waals surface area contributed by atoms with E-state index >= 15 is 0 Å². The topological polar surface area (TPSA) is 71.0 Å². The fourth-order valence-electron chi connectivity index (χ4n) is 3.49. The summed E-state index contributed by atoms with van der Waals surface area (Å²) in [6, 6.07) is 11.8. The van der Waals surface area contributed by atoms with Gasteiger partial charge in [0.2, 0.25) is 0 Å². The minimum atomic E-state index is -0.0172. The molecular formula is C22H23N5O. The highest BCUT2D eigenvalue weighted by atomic mass is 16.1. The molecule has 1 aliphatic rings. The van der Waals surface area contributed by atoms with Crippen LogP contribution < -0.4 is 5.32 Å². The van der Waals surface area contributed by atoms with Crippen LogP contribution in [0.4, 0.5) is 0 Å². The van der Waals surface area contributed by atoms with Gasteiger partial charge in [0.05, 0.1) is 11.9 Å². The Hall–Kier alpha value is -3.12. The number of hydrogen-bond acceptors (Lipinski definition) is 5. The van der Waals surface area contributed by atoms with Crippen LogP contribution in [0, 0.1) is 0 Å². The number of rotatable bonds is 5. The zero-order valence-electron chi connectivity index (χ0n) is 15.7. The number of nitrogens with one attached hydrogen (secondary N) is 1. The molecule has 1 amide bonds. The third-order valence-corrected chi connectivity index (χ3v) is 5.06. The van der Waals surface area contributed by atoms with E-state index < -0.39 is 0 Å². The van der Waals surface area contributed by atoms with Crippen molar-refractivity contribution in [1.29, 1.82) is 0 Å². The molecule has 6 nitrogen and oxygen atoms in total. The van der Waals surface area contributed by atoms with Crippen molar-refractivity contribution in [3.05, 3.63) is 78.5 Å². The molecule has 1 N–H and O–H groups in total. The third kappa shape index (κ3) is 4.58. The first-order valence-corrected chi connectivity index (χ1v) is 9.56. The zero-order chi connectivity index (χ0) is 19.2. The Bertz CT molecular complexity index is 891. The van der Waals surface area contributed by atoms with E-state index in [1.165, 1.54) is 5.56 Å². The van der Waals surface area contributed by atoms with Gasteiger partial charge in [-0.2, -0.15) is 0 Å². The minimum absolute atomic E-state index is 0.0172. The molecule has 0 spiro atoms. The highest BCUT2D eigenvalue weighted by molar-refractivity contribution is 5.94. The molecule has 2 aromatic heterocycles. The summed E-state index contributed by atoms with van der Waals surface area (Å²) in [4.78, 5) is 27.5. The normalized spacial score (nSPS) is 15.3. The predicted octanol–water partition coefficient (Wildman–Crippen LogP) is 2.93. The van der Waals surface area contributed by atoms with E-state index in [1.54, 1.807) is 24.8 Å². The molecular weight excluding hydrogens is 350 g/mol. The number of pyridine rings is 1. The lowest BCUT2D eigenvalue weighted by Crippen LogP contribution is -2.44. The van der Waals surface area contributed by atoms with Gasteiger partial charge in [-0.1, -0.05) is 18.2 Å². The molecule has 3 heterocycles. The standard InChI is InChI=1S/C22H23N5O/c28-22(19-5-3-18(4-6-19)21-15-24-10-11-25-21)26-20-7-12-27(13-8-20)16-17-2-1-9-23-14-17/h1-6,9-11,14-15,20H,7-8,12-13,16H2,(H,26,28). The molecule has 4 rings (SSSR count). The van der Waals surface area contributed by atoms with E-state index in [1.807, 2.05) is 36.5 Å². The van der Waals surface area contributed by atoms with Gasteiger partial charge < -0.3 is 5.32 Å². The summed E-state index contributed by atoms with van der Waals surface area (Å²) in [5, 5.41) is 3.17. The monoisotopic (exact) mass is 373 g/mol. The molecule has 142 valence electrons. The number of hydrogen-bond donors (Lipinski definition) is 1. The molecule has 0 unspecified atom stereocenters. The van der Waals surface area contributed by atoms with Crippen molar-refractivity contribution >= 4 is 5.91 Å². The molecule has 1 saturated heterocycles.